The van der Waals surface area contributed by atoms with Crippen molar-refractivity contribution in [2.24, 2.45) is 0 Å². The van der Waals surface area contributed by atoms with Gasteiger partial charge in [0, 0.05) is 36.1 Å². The van der Waals surface area contributed by atoms with Crippen LogP contribution in [0.1, 0.15) is 35.6 Å². The summed E-state index contributed by atoms with van der Waals surface area (Å²) in [5.74, 6) is -0.0885. The van der Waals surface area contributed by atoms with Gasteiger partial charge in [0.15, 0.2) is 4.96 Å². The van der Waals surface area contributed by atoms with Gasteiger partial charge in [0.1, 0.15) is 4.88 Å². The van der Waals surface area contributed by atoms with E-state index in [-0.39, 0.29) is 11.6 Å². The molecule has 1 N–H and O–H groups in total. The van der Waals surface area contributed by atoms with E-state index in [9.17, 15) is 14.9 Å². The first-order valence-corrected chi connectivity index (χ1v) is 10.5. The Kier molecular flexibility index (Phi) is 6.60. The van der Waals surface area contributed by atoms with E-state index in [0.29, 0.717) is 27.6 Å². The molecule has 3 aromatic rings. The van der Waals surface area contributed by atoms with Crippen LogP contribution in [0.25, 0.3) is 16.2 Å². The number of aryl methyl sites for hydroxylation is 1. The summed E-state index contributed by atoms with van der Waals surface area (Å²) in [6, 6.07) is 6.39. The van der Waals surface area contributed by atoms with Crippen LogP contribution in [0.15, 0.2) is 30.5 Å². The summed E-state index contributed by atoms with van der Waals surface area (Å²) < 4.78 is 1.86. The Bertz CT molecular complexity index is 1020. The molecule has 3 rings (SSSR count). The van der Waals surface area contributed by atoms with Crippen LogP contribution in [-0.4, -0.2) is 51.3 Å². The second kappa shape index (κ2) is 9.15. The Hall–Kier alpha value is -2.78. The molecule has 0 aliphatic carbocycles. The van der Waals surface area contributed by atoms with E-state index >= 15 is 0 Å². The number of nitro groups is 1. The van der Waals surface area contributed by atoms with Gasteiger partial charge in [0.25, 0.3) is 11.6 Å². The van der Waals surface area contributed by atoms with Gasteiger partial charge >= 0.3 is 0 Å². The van der Waals surface area contributed by atoms with Crippen molar-refractivity contribution in [3.63, 3.8) is 0 Å². The van der Waals surface area contributed by atoms with Gasteiger partial charge in [-0.25, -0.2) is 4.98 Å². The molecule has 9 heteroatoms. The molecular weight excluding hydrogens is 390 g/mol. The summed E-state index contributed by atoms with van der Waals surface area (Å²) in [4.78, 5) is 31.4. The SMILES string of the molecule is CCN(CC)CCCNC(=O)c1sc2nc(-c3cccc([N+](=O)[O-])c3)cn2c1C. The van der Waals surface area contributed by atoms with Gasteiger partial charge in [-0.3, -0.25) is 19.3 Å². The number of rotatable bonds is 9. The summed E-state index contributed by atoms with van der Waals surface area (Å²) in [7, 11) is 0. The van der Waals surface area contributed by atoms with Crippen LogP contribution in [0.3, 0.4) is 0 Å². The third kappa shape index (κ3) is 4.63. The standard InChI is InChI=1S/C20H25N5O3S/c1-4-23(5-2)11-7-10-21-19(26)18-14(3)24-13-17(22-20(24)29-18)15-8-6-9-16(12-15)25(27)28/h6,8-9,12-13H,4-5,7,10-11H2,1-3H3,(H,21,26). The quantitative estimate of drug-likeness (QED) is 0.326. The number of thiazole rings is 1. The van der Waals surface area contributed by atoms with Crippen molar-refractivity contribution < 1.29 is 9.72 Å². The Labute approximate surface area is 173 Å². The van der Waals surface area contributed by atoms with Crippen molar-refractivity contribution in [2.45, 2.75) is 27.2 Å². The number of nitro benzene ring substituents is 1. The predicted octanol–water partition coefficient (Wildman–Crippen LogP) is 3.74. The van der Waals surface area contributed by atoms with Gasteiger partial charge in [-0.1, -0.05) is 37.3 Å². The van der Waals surface area contributed by atoms with E-state index in [2.05, 4.69) is 29.0 Å². The highest BCUT2D eigenvalue weighted by Gasteiger charge is 2.18. The minimum absolute atomic E-state index is 0.0281. The zero-order valence-electron chi connectivity index (χ0n) is 16.8. The lowest BCUT2D eigenvalue weighted by molar-refractivity contribution is -0.384. The molecule has 0 atom stereocenters. The van der Waals surface area contributed by atoms with Crippen LogP contribution < -0.4 is 5.32 Å². The number of nitrogens with zero attached hydrogens (tertiary/aromatic N) is 4. The smallest absolute Gasteiger partial charge is 0.270 e. The first-order chi connectivity index (χ1) is 13.9. The fraction of sp³-hybridized carbons (Fsp3) is 0.400. The number of amides is 1. The zero-order valence-corrected chi connectivity index (χ0v) is 17.7. The Balaban J connectivity index is 1.71. The molecule has 0 saturated heterocycles. The maximum Gasteiger partial charge on any atom is 0.270 e. The third-order valence-corrected chi connectivity index (χ3v) is 6.10. The zero-order chi connectivity index (χ0) is 21.0. The summed E-state index contributed by atoms with van der Waals surface area (Å²) in [5, 5.41) is 14.0. The van der Waals surface area contributed by atoms with Crippen LogP contribution in [0.4, 0.5) is 5.69 Å². The number of fused-ring (bicyclic) bond motifs is 1. The molecule has 154 valence electrons. The molecule has 29 heavy (non-hydrogen) atoms. The first-order valence-electron chi connectivity index (χ1n) is 9.68. The van der Waals surface area contributed by atoms with E-state index < -0.39 is 4.92 Å². The minimum atomic E-state index is -0.421. The average molecular weight is 416 g/mol. The lowest BCUT2D eigenvalue weighted by Gasteiger charge is -2.17. The van der Waals surface area contributed by atoms with Crippen molar-refractivity contribution in [2.75, 3.05) is 26.2 Å². The number of aromatic nitrogens is 2. The van der Waals surface area contributed by atoms with Crippen LogP contribution in [0.5, 0.6) is 0 Å². The minimum Gasteiger partial charge on any atom is -0.351 e. The fourth-order valence-corrected chi connectivity index (χ4v) is 4.23. The van der Waals surface area contributed by atoms with Crippen LogP contribution >= 0.6 is 11.3 Å². The molecule has 0 aliphatic rings. The number of hydrogen-bond acceptors (Lipinski definition) is 6. The highest BCUT2D eigenvalue weighted by molar-refractivity contribution is 7.19. The Morgan fingerprint density at radius 1 is 1.34 bits per heavy atom. The van der Waals surface area contributed by atoms with Crippen molar-refractivity contribution in [3.05, 3.63) is 51.1 Å². The van der Waals surface area contributed by atoms with E-state index in [1.54, 1.807) is 12.1 Å². The average Bonchev–Trinajstić information content (AvgIpc) is 3.27. The van der Waals surface area contributed by atoms with E-state index in [4.69, 9.17) is 0 Å². The third-order valence-electron chi connectivity index (χ3n) is 4.95. The van der Waals surface area contributed by atoms with Gasteiger partial charge in [-0.15, -0.1) is 0 Å². The molecule has 0 radical (unpaired) electrons. The number of non-ortho nitro benzene ring substituents is 1. The fourth-order valence-electron chi connectivity index (χ4n) is 3.20. The number of nitrogens with one attached hydrogen (secondary N) is 1. The van der Waals surface area contributed by atoms with Gasteiger partial charge in [-0.05, 0) is 33.0 Å². The summed E-state index contributed by atoms with van der Waals surface area (Å²) in [6.07, 6.45) is 2.73. The van der Waals surface area contributed by atoms with Gasteiger partial charge in [0.05, 0.1) is 10.6 Å². The molecule has 0 bridgehead atoms. The van der Waals surface area contributed by atoms with E-state index in [1.165, 1.54) is 23.5 Å². The highest BCUT2D eigenvalue weighted by atomic mass is 32.1. The number of carbonyl (C=O) groups excluding carboxylic acids is 1. The molecule has 0 spiro atoms. The van der Waals surface area contributed by atoms with Gasteiger partial charge in [-0.2, -0.15) is 0 Å². The van der Waals surface area contributed by atoms with Gasteiger partial charge < -0.3 is 10.2 Å². The van der Waals surface area contributed by atoms with Crippen LogP contribution in [-0.2, 0) is 0 Å². The maximum atomic E-state index is 12.6. The molecule has 0 saturated carbocycles. The molecule has 2 heterocycles. The summed E-state index contributed by atoms with van der Waals surface area (Å²) in [6.45, 7) is 9.77. The van der Waals surface area contributed by atoms with Crippen molar-refractivity contribution in [1.29, 1.82) is 0 Å². The summed E-state index contributed by atoms with van der Waals surface area (Å²) in [5.41, 5.74) is 2.17. The molecule has 0 unspecified atom stereocenters. The summed E-state index contributed by atoms with van der Waals surface area (Å²) >= 11 is 1.33. The van der Waals surface area contributed by atoms with Gasteiger partial charge in [0.2, 0.25) is 0 Å². The molecule has 0 fully saturated rings. The van der Waals surface area contributed by atoms with Crippen LogP contribution in [0.2, 0.25) is 0 Å². The molecule has 1 amide bonds. The second-order valence-electron chi connectivity index (χ2n) is 6.74. The first kappa shape index (κ1) is 20.9. The normalized spacial score (nSPS) is 11.3. The monoisotopic (exact) mass is 415 g/mol. The Morgan fingerprint density at radius 3 is 2.76 bits per heavy atom. The number of imidazole rings is 1. The largest absolute Gasteiger partial charge is 0.351 e. The van der Waals surface area contributed by atoms with Crippen molar-refractivity contribution in [1.82, 2.24) is 19.6 Å². The van der Waals surface area contributed by atoms with Crippen LogP contribution in [0, 0.1) is 17.0 Å². The lowest BCUT2D eigenvalue weighted by Crippen LogP contribution is -2.29. The maximum absolute atomic E-state index is 12.6. The second-order valence-corrected chi connectivity index (χ2v) is 7.72. The van der Waals surface area contributed by atoms with Crippen molar-refractivity contribution in [3.8, 4) is 11.3 Å². The predicted molar refractivity (Wildman–Crippen MR) is 115 cm³/mol. The lowest BCUT2D eigenvalue weighted by atomic mass is 10.1. The molecule has 0 aliphatic heterocycles. The molecule has 2 aromatic heterocycles. The molecular formula is C20H25N5O3S. The number of benzene rings is 1. The Morgan fingerprint density at radius 2 is 2.10 bits per heavy atom. The topological polar surface area (TPSA) is 92.8 Å². The molecule has 1 aromatic carbocycles. The number of hydrogen-bond donors (Lipinski definition) is 1. The van der Waals surface area contributed by atoms with E-state index in [0.717, 1.165) is 31.7 Å². The highest BCUT2D eigenvalue weighted by Crippen LogP contribution is 2.28. The molecule has 8 nitrogen and oxygen atoms in total. The van der Waals surface area contributed by atoms with E-state index in [1.807, 2.05) is 17.5 Å². The number of carbonyl (C=O) groups is 1. The van der Waals surface area contributed by atoms with Crippen molar-refractivity contribution >= 4 is 27.9 Å².